The molecular weight excluding hydrogens is 336 g/mol. The number of nitrogens with one attached hydrogen (secondary N) is 1. The van der Waals surface area contributed by atoms with E-state index in [4.69, 9.17) is 11.6 Å². The summed E-state index contributed by atoms with van der Waals surface area (Å²) in [5.41, 5.74) is 2.62. The van der Waals surface area contributed by atoms with Crippen LogP contribution in [0.25, 0.3) is 0 Å². The van der Waals surface area contributed by atoms with Crippen LogP contribution in [0.15, 0.2) is 42.5 Å². The van der Waals surface area contributed by atoms with Crippen LogP contribution >= 0.6 is 23.4 Å². The Labute approximate surface area is 143 Å². The second-order valence-corrected chi connectivity index (χ2v) is 6.34. The highest BCUT2D eigenvalue weighted by Gasteiger charge is 2.07. The number of hydrogen-bond acceptors (Lipinski definition) is 4. The molecule has 120 valence electrons. The van der Waals surface area contributed by atoms with Crippen molar-refractivity contribution in [3.8, 4) is 0 Å². The molecule has 2 aromatic rings. The molecule has 0 aliphatic rings. The Kier molecular flexibility index (Phi) is 6.01. The number of anilines is 1. The first-order chi connectivity index (χ1) is 11.0. The van der Waals surface area contributed by atoms with E-state index < -0.39 is 4.92 Å². The topological polar surface area (TPSA) is 72.2 Å². The van der Waals surface area contributed by atoms with Gasteiger partial charge in [-0.3, -0.25) is 14.9 Å². The van der Waals surface area contributed by atoms with Crippen LogP contribution in [0, 0.1) is 17.0 Å². The average Bonchev–Trinajstić information content (AvgIpc) is 2.50. The van der Waals surface area contributed by atoms with Gasteiger partial charge in [0.25, 0.3) is 5.69 Å². The number of aryl methyl sites for hydroxylation is 1. The number of halogens is 1. The highest BCUT2D eigenvalue weighted by molar-refractivity contribution is 7.99. The smallest absolute Gasteiger partial charge is 0.269 e. The minimum atomic E-state index is -0.435. The molecule has 2 aromatic carbocycles. The van der Waals surface area contributed by atoms with Crippen LogP contribution in [0.3, 0.4) is 0 Å². The van der Waals surface area contributed by atoms with Gasteiger partial charge in [-0.1, -0.05) is 29.8 Å². The molecule has 5 nitrogen and oxygen atoms in total. The Balaban J connectivity index is 1.81. The lowest BCUT2D eigenvalue weighted by Crippen LogP contribution is -2.14. The van der Waals surface area contributed by atoms with E-state index in [1.165, 1.54) is 23.9 Å². The van der Waals surface area contributed by atoms with Gasteiger partial charge in [0.15, 0.2) is 0 Å². The summed E-state index contributed by atoms with van der Waals surface area (Å²) in [5.74, 6) is 0.747. The third kappa shape index (κ3) is 5.26. The number of amides is 1. The zero-order chi connectivity index (χ0) is 16.8. The van der Waals surface area contributed by atoms with E-state index >= 15 is 0 Å². The lowest BCUT2D eigenvalue weighted by Gasteiger charge is -2.08. The number of nitro benzene ring substituents is 1. The largest absolute Gasteiger partial charge is 0.324 e. The van der Waals surface area contributed by atoms with Gasteiger partial charge in [0.2, 0.25) is 5.91 Å². The summed E-state index contributed by atoms with van der Waals surface area (Å²) >= 11 is 7.50. The minimum absolute atomic E-state index is 0.0607. The number of nitro groups is 1. The predicted molar refractivity (Wildman–Crippen MR) is 94.1 cm³/mol. The quantitative estimate of drug-likeness (QED) is 0.618. The Hall–Kier alpha value is -2.05. The van der Waals surface area contributed by atoms with Gasteiger partial charge >= 0.3 is 0 Å². The monoisotopic (exact) mass is 350 g/mol. The zero-order valence-corrected chi connectivity index (χ0v) is 14.0. The van der Waals surface area contributed by atoms with Crippen molar-refractivity contribution in [3.05, 3.63) is 68.7 Å². The number of benzene rings is 2. The van der Waals surface area contributed by atoms with Crippen LogP contribution in [0.5, 0.6) is 0 Å². The highest BCUT2D eigenvalue weighted by Crippen LogP contribution is 2.23. The molecule has 0 fully saturated rings. The molecule has 0 radical (unpaired) electrons. The average molecular weight is 351 g/mol. The van der Waals surface area contributed by atoms with Crippen LogP contribution in [0.1, 0.15) is 11.1 Å². The van der Waals surface area contributed by atoms with Crippen molar-refractivity contribution in [1.82, 2.24) is 0 Å². The first-order valence-electron chi connectivity index (χ1n) is 6.83. The Bertz CT molecular complexity index is 720. The molecule has 0 spiro atoms. The summed E-state index contributed by atoms with van der Waals surface area (Å²) in [7, 11) is 0. The molecule has 0 aromatic heterocycles. The van der Waals surface area contributed by atoms with E-state index in [0.29, 0.717) is 16.5 Å². The van der Waals surface area contributed by atoms with E-state index in [1.54, 1.807) is 24.3 Å². The SMILES string of the molecule is Cc1ccc(NC(=O)CSCc2ccc([N+](=O)[O-])cc2)c(Cl)c1. The van der Waals surface area contributed by atoms with E-state index in [2.05, 4.69) is 5.32 Å². The van der Waals surface area contributed by atoms with Gasteiger partial charge in [-0.15, -0.1) is 11.8 Å². The highest BCUT2D eigenvalue weighted by atomic mass is 35.5. The maximum Gasteiger partial charge on any atom is 0.269 e. The third-order valence-electron chi connectivity index (χ3n) is 3.05. The van der Waals surface area contributed by atoms with Gasteiger partial charge in [0.1, 0.15) is 0 Å². The van der Waals surface area contributed by atoms with Gasteiger partial charge in [0, 0.05) is 17.9 Å². The lowest BCUT2D eigenvalue weighted by atomic mass is 10.2. The standard InChI is InChI=1S/C16H15ClN2O3S/c1-11-2-7-15(14(17)8-11)18-16(20)10-23-9-12-3-5-13(6-4-12)19(21)22/h2-8H,9-10H2,1H3,(H,18,20). The number of non-ortho nitro benzene ring substituents is 1. The molecule has 0 unspecified atom stereocenters. The fourth-order valence-electron chi connectivity index (χ4n) is 1.88. The predicted octanol–water partition coefficient (Wildman–Crippen LogP) is 4.43. The van der Waals surface area contributed by atoms with E-state index in [1.807, 2.05) is 13.0 Å². The molecule has 1 N–H and O–H groups in total. The Morgan fingerprint density at radius 2 is 1.96 bits per heavy atom. The molecule has 0 aliphatic carbocycles. The number of hydrogen-bond donors (Lipinski definition) is 1. The fraction of sp³-hybridized carbons (Fsp3) is 0.188. The van der Waals surface area contributed by atoms with Crippen LogP contribution in [-0.2, 0) is 10.5 Å². The molecule has 0 heterocycles. The number of carbonyl (C=O) groups is 1. The van der Waals surface area contributed by atoms with E-state index in [9.17, 15) is 14.9 Å². The number of rotatable bonds is 6. The van der Waals surface area contributed by atoms with Crippen molar-refractivity contribution in [2.75, 3.05) is 11.1 Å². The molecular formula is C16H15ClN2O3S. The second kappa shape index (κ2) is 7.99. The Morgan fingerprint density at radius 1 is 1.26 bits per heavy atom. The summed E-state index contributed by atoms with van der Waals surface area (Å²) in [5, 5.41) is 13.9. The summed E-state index contributed by atoms with van der Waals surface area (Å²) < 4.78 is 0. The number of thioether (sulfide) groups is 1. The normalized spacial score (nSPS) is 10.3. The molecule has 7 heteroatoms. The van der Waals surface area contributed by atoms with Crippen LogP contribution in [-0.4, -0.2) is 16.6 Å². The van der Waals surface area contributed by atoms with Crippen molar-refractivity contribution in [2.45, 2.75) is 12.7 Å². The first kappa shape index (κ1) is 17.3. The van der Waals surface area contributed by atoms with Crippen LogP contribution in [0.2, 0.25) is 5.02 Å². The van der Waals surface area contributed by atoms with Crippen molar-refractivity contribution in [1.29, 1.82) is 0 Å². The zero-order valence-electron chi connectivity index (χ0n) is 12.4. The third-order valence-corrected chi connectivity index (χ3v) is 4.36. The fourth-order valence-corrected chi connectivity index (χ4v) is 2.95. The molecule has 1 amide bonds. The minimum Gasteiger partial charge on any atom is -0.324 e. The molecule has 23 heavy (non-hydrogen) atoms. The molecule has 0 bridgehead atoms. The molecule has 2 rings (SSSR count). The van der Waals surface area contributed by atoms with Gasteiger partial charge < -0.3 is 5.32 Å². The van der Waals surface area contributed by atoms with Gasteiger partial charge in [-0.25, -0.2) is 0 Å². The summed E-state index contributed by atoms with van der Waals surface area (Å²) in [6.07, 6.45) is 0. The molecule has 0 atom stereocenters. The van der Waals surface area contributed by atoms with Crippen molar-refractivity contribution < 1.29 is 9.72 Å². The van der Waals surface area contributed by atoms with Gasteiger partial charge in [0.05, 0.1) is 21.4 Å². The van der Waals surface area contributed by atoms with Crippen molar-refractivity contribution >= 4 is 40.6 Å². The summed E-state index contributed by atoms with van der Waals surface area (Å²) in [6.45, 7) is 1.93. The summed E-state index contributed by atoms with van der Waals surface area (Å²) in [6, 6.07) is 11.8. The molecule has 0 saturated heterocycles. The van der Waals surface area contributed by atoms with Gasteiger partial charge in [-0.05, 0) is 30.2 Å². The number of carbonyl (C=O) groups excluding carboxylic acids is 1. The van der Waals surface area contributed by atoms with Crippen molar-refractivity contribution in [2.24, 2.45) is 0 Å². The summed E-state index contributed by atoms with van der Waals surface area (Å²) in [4.78, 5) is 22.0. The maximum atomic E-state index is 11.9. The van der Waals surface area contributed by atoms with E-state index in [0.717, 1.165) is 11.1 Å². The second-order valence-electron chi connectivity index (χ2n) is 4.95. The molecule has 0 aliphatic heterocycles. The number of nitrogens with zero attached hydrogens (tertiary/aromatic N) is 1. The van der Waals surface area contributed by atoms with E-state index in [-0.39, 0.29) is 17.3 Å². The first-order valence-corrected chi connectivity index (χ1v) is 8.36. The maximum absolute atomic E-state index is 11.9. The van der Waals surface area contributed by atoms with Gasteiger partial charge in [-0.2, -0.15) is 0 Å². The van der Waals surface area contributed by atoms with Crippen LogP contribution in [0.4, 0.5) is 11.4 Å². The molecule has 0 saturated carbocycles. The van der Waals surface area contributed by atoms with Crippen molar-refractivity contribution in [3.63, 3.8) is 0 Å². The van der Waals surface area contributed by atoms with Crippen LogP contribution < -0.4 is 5.32 Å². The lowest BCUT2D eigenvalue weighted by molar-refractivity contribution is -0.384. The Morgan fingerprint density at radius 3 is 2.57 bits per heavy atom.